The molecular weight excluding hydrogens is 491 g/mol. The van der Waals surface area contributed by atoms with Gasteiger partial charge in [0.15, 0.2) is 5.96 Å². The van der Waals surface area contributed by atoms with Crippen LogP contribution in [0.25, 0.3) is 0 Å². The maximum atomic E-state index is 12.0. The van der Waals surface area contributed by atoms with Crippen LogP contribution in [0.4, 0.5) is 5.82 Å². The Balaban J connectivity index is 0.00000280. The average molecular weight is 521 g/mol. The maximum absolute atomic E-state index is 12.0. The molecule has 3 N–H and O–H groups in total. The summed E-state index contributed by atoms with van der Waals surface area (Å²) < 4.78 is 0. The number of rotatable bonds is 6. The lowest BCUT2D eigenvalue weighted by atomic mass is 10.2. The summed E-state index contributed by atoms with van der Waals surface area (Å²) >= 11 is 6.25. The zero-order valence-electron chi connectivity index (χ0n) is 16.3. The molecule has 7 nitrogen and oxygen atoms in total. The molecule has 1 aromatic rings. The van der Waals surface area contributed by atoms with Crippen molar-refractivity contribution in [2.45, 2.75) is 50.6 Å². The highest BCUT2D eigenvalue weighted by atomic mass is 127. The Morgan fingerprint density at radius 1 is 1.29 bits per heavy atom. The fourth-order valence-electron chi connectivity index (χ4n) is 3.73. The predicted molar refractivity (Wildman–Crippen MR) is 125 cm³/mol. The predicted octanol–water partition coefficient (Wildman–Crippen LogP) is 2.55. The Hall–Kier alpha value is -1.29. The average Bonchev–Trinajstić information content (AvgIpc) is 3.33. The number of nitrogens with zero attached hydrogens (tertiary/aromatic N) is 3. The molecule has 9 heteroatoms. The van der Waals surface area contributed by atoms with Crippen LogP contribution in [0.1, 0.15) is 38.5 Å². The summed E-state index contributed by atoms with van der Waals surface area (Å²) in [7, 11) is 1.75. The van der Waals surface area contributed by atoms with Gasteiger partial charge in [-0.2, -0.15) is 0 Å². The number of anilines is 1. The standard InChI is InChI=1S/C19H29ClN6O.HI/c1-21-19(23-11-8-17(27)24-14-5-2-3-6-14)25-15-9-12-26(13-15)18-16(20)7-4-10-22-18;/h4,7,10,14-15H,2-3,5-6,8-9,11-13H2,1H3,(H,24,27)(H2,21,23,25);1H. The van der Waals surface area contributed by atoms with Gasteiger partial charge in [0.1, 0.15) is 5.82 Å². The van der Waals surface area contributed by atoms with E-state index in [-0.39, 0.29) is 35.9 Å². The zero-order valence-corrected chi connectivity index (χ0v) is 19.4. The normalized spacial score (nSPS) is 20.0. The molecule has 0 radical (unpaired) electrons. The van der Waals surface area contributed by atoms with E-state index in [0.29, 0.717) is 24.0 Å². The lowest BCUT2D eigenvalue weighted by Crippen LogP contribution is -2.45. The van der Waals surface area contributed by atoms with Gasteiger partial charge in [-0.25, -0.2) is 4.98 Å². The molecule has 1 atom stereocenters. The number of nitrogens with one attached hydrogen (secondary N) is 3. The van der Waals surface area contributed by atoms with Gasteiger partial charge in [-0.05, 0) is 31.4 Å². The Bertz CT molecular complexity index is 668. The minimum absolute atomic E-state index is 0. The number of carbonyl (C=O) groups is 1. The molecule has 2 aliphatic rings. The van der Waals surface area contributed by atoms with Crippen LogP contribution >= 0.6 is 35.6 Å². The third kappa shape index (κ3) is 6.65. The number of guanidine groups is 1. The summed E-state index contributed by atoms with van der Waals surface area (Å²) in [6.45, 7) is 2.29. The van der Waals surface area contributed by atoms with Crippen LogP contribution in [0.2, 0.25) is 5.02 Å². The highest BCUT2D eigenvalue weighted by Crippen LogP contribution is 2.25. The van der Waals surface area contributed by atoms with E-state index in [4.69, 9.17) is 11.6 Å². The van der Waals surface area contributed by atoms with E-state index < -0.39 is 0 Å². The number of amides is 1. The number of hydrogen-bond acceptors (Lipinski definition) is 4. The number of hydrogen-bond donors (Lipinski definition) is 3. The molecular formula is C19H30ClIN6O. The lowest BCUT2D eigenvalue weighted by Gasteiger charge is -2.20. The minimum Gasteiger partial charge on any atom is -0.356 e. The Labute approximate surface area is 189 Å². The van der Waals surface area contributed by atoms with Crippen LogP contribution in [0.15, 0.2) is 23.3 Å². The minimum atomic E-state index is 0. The quantitative estimate of drug-likeness (QED) is 0.305. The number of halogens is 2. The molecule has 28 heavy (non-hydrogen) atoms. The second-order valence-electron chi connectivity index (χ2n) is 7.18. The first-order chi connectivity index (χ1) is 13.2. The molecule has 3 rings (SSSR count). The van der Waals surface area contributed by atoms with Crippen molar-refractivity contribution in [2.75, 3.05) is 31.6 Å². The van der Waals surface area contributed by atoms with Gasteiger partial charge in [0.05, 0.1) is 5.02 Å². The van der Waals surface area contributed by atoms with Gasteiger partial charge >= 0.3 is 0 Å². The van der Waals surface area contributed by atoms with Crippen LogP contribution in [0, 0.1) is 0 Å². The van der Waals surface area contributed by atoms with Crippen molar-refractivity contribution in [1.29, 1.82) is 0 Å². The third-order valence-electron chi connectivity index (χ3n) is 5.16. The van der Waals surface area contributed by atoms with E-state index in [9.17, 15) is 4.79 Å². The largest absolute Gasteiger partial charge is 0.356 e. The van der Waals surface area contributed by atoms with Crippen molar-refractivity contribution < 1.29 is 4.79 Å². The molecule has 1 aliphatic heterocycles. The molecule has 0 bridgehead atoms. The summed E-state index contributed by atoms with van der Waals surface area (Å²) in [5, 5.41) is 10.4. The van der Waals surface area contributed by atoms with Crippen molar-refractivity contribution >= 4 is 53.3 Å². The monoisotopic (exact) mass is 520 g/mol. The molecule has 1 aliphatic carbocycles. The van der Waals surface area contributed by atoms with Gasteiger partial charge < -0.3 is 20.9 Å². The summed E-state index contributed by atoms with van der Waals surface area (Å²) in [5.41, 5.74) is 0. The van der Waals surface area contributed by atoms with Gasteiger partial charge in [-0.15, -0.1) is 24.0 Å². The highest BCUT2D eigenvalue weighted by molar-refractivity contribution is 14.0. The topological polar surface area (TPSA) is 81.6 Å². The van der Waals surface area contributed by atoms with Crippen molar-refractivity contribution in [2.24, 2.45) is 4.99 Å². The fraction of sp³-hybridized carbons (Fsp3) is 0.632. The van der Waals surface area contributed by atoms with Crippen molar-refractivity contribution in [3.63, 3.8) is 0 Å². The number of pyridine rings is 1. The molecule has 2 fully saturated rings. The fourth-order valence-corrected chi connectivity index (χ4v) is 3.97. The smallest absolute Gasteiger partial charge is 0.221 e. The molecule has 1 amide bonds. The molecule has 1 saturated carbocycles. The van der Waals surface area contributed by atoms with Crippen molar-refractivity contribution in [3.8, 4) is 0 Å². The van der Waals surface area contributed by atoms with E-state index in [0.717, 1.165) is 44.1 Å². The van der Waals surface area contributed by atoms with Crippen molar-refractivity contribution in [3.05, 3.63) is 23.4 Å². The van der Waals surface area contributed by atoms with Crippen LogP contribution in [0.3, 0.4) is 0 Å². The van der Waals surface area contributed by atoms with Gasteiger partial charge in [0, 0.05) is 51.4 Å². The van der Waals surface area contributed by atoms with Gasteiger partial charge in [-0.3, -0.25) is 9.79 Å². The first-order valence-corrected chi connectivity index (χ1v) is 10.2. The molecule has 0 spiro atoms. The molecule has 156 valence electrons. The summed E-state index contributed by atoms with van der Waals surface area (Å²) in [6, 6.07) is 4.34. The van der Waals surface area contributed by atoms with Crippen LogP contribution in [-0.4, -0.2) is 55.6 Å². The van der Waals surface area contributed by atoms with Crippen LogP contribution in [-0.2, 0) is 4.79 Å². The lowest BCUT2D eigenvalue weighted by molar-refractivity contribution is -0.121. The van der Waals surface area contributed by atoms with E-state index in [1.807, 2.05) is 12.1 Å². The van der Waals surface area contributed by atoms with E-state index in [2.05, 4.69) is 30.8 Å². The molecule has 2 heterocycles. The van der Waals surface area contributed by atoms with Gasteiger partial charge in [-0.1, -0.05) is 24.4 Å². The zero-order chi connectivity index (χ0) is 19.1. The van der Waals surface area contributed by atoms with Crippen LogP contribution < -0.4 is 20.9 Å². The molecule has 1 aromatic heterocycles. The second-order valence-corrected chi connectivity index (χ2v) is 7.59. The summed E-state index contributed by atoms with van der Waals surface area (Å²) in [4.78, 5) is 22.8. The van der Waals surface area contributed by atoms with E-state index >= 15 is 0 Å². The maximum Gasteiger partial charge on any atom is 0.221 e. The Morgan fingerprint density at radius 3 is 2.79 bits per heavy atom. The van der Waals surface area contributed by atoms with Crippen molar-refractivity contribution in [1.82, 2.24) is 20.9 Å². The second kappa shape index (κ2) is 11.6. The highest BCUT2D eigenvalue weighted by Gasteiger charge is 2.25. The van der Waals surface area contributed by atoms with Crippen LogP contribution in [0.5, 0.6) is 0 Å². The third-order valence-corrected chi connectivity index (χ3v) is 5.45. The number of carbonyl (C=O) groups excluding carboxylic acids is 1. The van der Waals surface area contributed by atoms with Gasteiger partial charge in [0.25, 0.3) is 0 Å². The van der Waals surface area contributed by atoms with E-state index in [1.54, 1.807) is 13.2 Å². The van der Waals surface area contributed by atoms with Gasteiger partial charge in [0.2, 0.25) is 5.91 Å². The molecule has 0 aromatic carbocycles. The first-order valence-electron chi connectivity index (χ1n) is 9.77. The Kier molecular flexibility index (Phi) is 9.57. The molecule has 1 unspecified atom stereocenters. The first kappa shape index (κ1) is 23.0. The number of aromatic nitrogens is 1. The Morgan fingerprint density at radius 2 is 2.07 bits per heavy atom. The molecule has 1 saturated heterocycles. The summed E-state index contributed by atoms with van der Waals surface area (Å²) in [5.74, 6) is 1.67. The van der Waals surface area contributed by atoms with E-state index in [1.165, 1.54) is 12.8 Å². The SMILES string of the molecule is CN=C(NCCC(=O)NC1CCCC1)NC1CCN(c2ncccc2Cl)C1.I. The number of aliphatic imine (C=N–C) groups is 1. The summed E-state index contributed by atoms with van der Waals surface area (Å²) in [6.07, 6.45) is 7.87.